The molecule has 1 saturated carbocycles. The molecule has 1 aromatic rings. The van der Waals surface area contributed by atoms with E-state index in [0.29, 0.717) is 17.8 Å². The number of likely N-dealkylation sites (N-methyl/N-ethyl adjacent to an activating group) is 2. The topological polar surface area (TPSA) is 64.3 Å². The van der Waals surface area contributed by atoms with Crippen molar-refractivity contribution in [3.63, 3.8) is 0 Å². The van der Waals surface area contributed by atoms with Crippen molar-refractivity contribution in [1.29, 1.82) is 0 Å². The van der Waals surface area contributed by atoms with E-state index in [0.717, 1.165) is 32.7 Å². The third-order valence-electron chi connectivity index (χ3n) is 5.70. The first kappa shape index (κ1) is 21.9. The van der Waals surface area contributed by atoms with Crippen LogP contribution >= 0.6 is 0 Å². The second-order valence-corrected chi connectivity index (χ2v) is 8.69. The zero-order valence-corrected chi connectivity index (χ0v) is 17.9. The number of nitrogens with zero attached hydrogens (tertiary/aromatic N) is 3. The highest BCUT2D eigenvalue weighted by molar-refractivity contribution is 5.73. The van der Waals surface area contributed by atoms with E-state index < -0.39 is 0 Å². The highest BCUT2D eigenvalue weighted by Gasteiger charge is 2.27. The van der Waals surface area contributed by atoms with Gasteiger partial charge in [0.1, 0.15) is 0 Å². The molecule has 2 N–H and O–H groups in total. The summed E-state index contributed by atoms with van der Waals surface area (Å²) in [6, 6.07) is 0. The molecule has 0 spiro atoms. The molecule has 0 aromatic carbocycles. The van der Waals surface area contributed by atoms with Crippen LogP contribution in [0.25, 0.3) is 0 Å². The highest BCUT2D eigenvalue weighted by atomic mass is 16.2. The van der Waals surface area contributed by atoms with Crippen molar-refractivity contribution in [3.05, 3.63) is 17.5 Å². The summed E-state index contributed by atoms with van der Waals surface area (Å²) in [6.07, 6.45) is 6.76. The summed E-state index contributed by atoms with van der Waals surface area (Å²) in [6.45, 7) is 10.8. The smallest absolute Gasteiger partial charge is 0.219 e. The number of H-pyrrole nitrogens is 1. The Hall–Kier alpha value is -1.40. The van der Waals surface area contributed by atoms with Crippen LogP contribution in [0, 0.1) is 11.8 Å². The zero-order chi connectivity index (χ0) is 19.8. The van der Waals surface area contributed by atoms with Gasteiger partial charge in [-0.05, 0) is 51.6 Å². The molecular formula is C21H39N5O. The van der Waals surface area contributed by atoms with Gasteiger partial charge in [-0.3, -0.25) is 9.89 Å². The van der Waals surface area contributed by atoms with Crippen LogP contribution in [0.3, 0.4) is 0 Å². The van der Waals surface area contributed by atoms with E-state index >= 15 is 0 Å². The Morgan fingerprint density at radius 1 is 1.33 bits per heavy atom. The molecule has 2 rings (SSSR count). The average Bonchev–Trinajstić information content (AvgIpc) is 3.07. The number of carbonyl (C=O) groups excluding carboxylic acids is 1. The van der Waals surface area contributed by atoms with Crippen LogP contribution in [0.2, 0.25) is 0 Å². The summed E-state index contributed by atoms with van der Waals surface area (Å²) in [5, 5.41) is 10.8. The third-order valence-corrected chi connectivity index (χ3v) is 5.70. The van der Waals surface area contributed by atoms with Crippen LogP contribution in [0.1, 0.15) is 63.6 Å². The molecule has 1 aromatic heterocycles. The molecule has 1 aliphatic rings. The molecule has 6 nitrogen and oxygen atoms in total. The largest absolute Gasteiger partial charge is 0.342 e. The number of aromatic nitrogens is 2. The van der Waals surface area contributed by atoms with Crippen LogP contribution in [-0.2, 0) is 11.3 Å². The first-order valence-electron chi connectivity index (χ1n) is 10.5. The summed E-state index contributed by atoms with van der Waals surface area (Å²) >= 11 is 0. The Morgan fingerprint density at radius 2 is 2.04 bits per heavy atom. The third kappa shape index (κ3) is 6.92. The van der Waals surface area contributed by atoms with Gasteiger partial charge in [0, 0.05) is 56.8 Å². The van der Waals surface area contributed by atoms with Crippen LogP contribution in [0.4, 0.5) is 0 Å². The Balaban J connectivity index is 1.87. The van der Waals surface area contributed by atoms with Gasteiger partial charge in [-0.25, -0.2) is 0 Å². The molecule has 0 atom stereocenters. The maximum Gasteiger partial charge on any atom is 0.219 e. The maximum absolute atomic E-state index is 11.9. The van der Waals surface area contributed by atoms with Gasteiger partial charge in [0.2, 0.25) is 5.91 Å². The number of nitrogens with one attached hydrogen (secondary N) is 2. The quantitative estimate of drug-likeness (QED) is 0.658. The van der Waals surface area contributed by atoms with Gasteiger partial charge in [0.25, 0.3) is 0 Å². The Morgan fingerprint density at radius 3 is 2.63 bits per heavy atom. The van der Waals surface area contributed by atoms with Gasteiger partial charge >= 0.3 is 0 Å². The minimum atomic E-state index is 0.214. The molecule has 0 unspecified atom stereocenters. The lowest BCUT2D eigenvalue weighted by Gasteiger charge is -2.33. The monoisotopic (exact) mass is 377 g/mol. The Bertz CT molecular complexity index is 563. The molecule has 27 heavy (non-hydrogen) atoms. The fourth-order valence-corrected chi connectivity index (χ4v) is 4.19. The SMILES string of the molecule is CNCCN(C)Cc1cn[nH]c1C1CCC(CN(CC(C)C)C(C)=O)CC1. The molecule has 1 amide bonds. The van der Waals surface area contributed by atoms with Crippen molar-refractivity contribution >= 4 is 5.91 Å². The zero-order valence-electron chi connectivity index (χ0n) is 17.9. The van der Waals surface area contributed by atoms with Crippen molar-refractivity contribution in [1.82, 2.24) is 25.3 Å². The normalized spacial score (nSPS) is 20.4. The molecule has 1 heterocycles. The molecule has 0 radical (unpaired) electrons. The summed E-state index contributed by atoms with van der Waals surface area (Å²) in [5.74, 6) is 1.95. The fraction of sp³-hybridized carbons (Fsp3) is 0.810. The Kier molecular flexibility index (Phi) is 8.77. The van der Waals surface area contributed by atoms with Crippen molar-refractivity contribution < 1.29 is 4.79 Å². The van der Waals surface area contributed by atoms with Gasteiger partial charge in [-0.2, -0.15) is 5.10 Å². The molecular weight excluding hydrogens is 338 g/mol. The van der Waals surface area contributed by atoms with Crippen molar-refractivity contribution in [2.24, 2.45) is 11.8 Å². The van der Waals surface area contributed by atoms with Gasteiger partial charge in [-0.15, -0.1) is 0 Å². The number of hydrogen-bond donors (Lipinski definition) is 2. The summed E-state index contributed by atoms with van der Waals surface area (Å²) in [4.78, 5) is 16.3. The lowest BCUT2D eigenvalue weighted by atomic mass is 9.79. The summed E-state index contributed by atoms with van der Waals surface area (Å²) in [5.41, 5.74) is 2.66. The first-order chi connectivity index (χ1) is 12.9. The molecule has 0 saturated heterocycles. The van der Waals surface area contributed by atoms with E-state index in [9.17, 15) is 4.79 Å². The maximum atomic E-state index is 11.9. The summed E-state index contributed by atoms with van der Waals surface area (Å²) < 4.78 is 0. The van der Waals surface area contributed by atoms with Crippen LogP contribution in [0.5, 0.6) is 0 Å². The first-order valence-corrected chi connectivity index (χ1v) is 10.5. The summed E-state index contributed by atoms with van der Waals surface area (Å²) in [7, 11) is 4.15. The minimum Gasteiger partial charge on any atom is -0.342 e. The molecule has 1 aliphatic carbocycles. The van der Waals surface area contributed by atoms with Gasteiger partial charge in [0.15, 0.2) is 0 Å². The second-order valence-electron chi connectivity index (χ2n) is 8.69. The van der Waals surface area contributed by atoms with Gasteiger partial charge in [-0.1, -0.05) is 13.8 Å². The molecule has 1 fully saturated rings. The van der Waals surface area contributed by atoms with E-state index in [4.69, 9.17) is 0 Å². The standard InChI is InChI=1S/C21H39N5O/c1-16(2)13-26(17(3)27)14-18-6-8-19(9-7-18)21-20(12-23-24-21)15-25(5)11-10-22-4/h12,16,18-19,22H,6-11,13-15H2,1-5H3,(H,23,24). The van der Waals surface area contributed by atoms with Crippen molar-refractivity contribution in [3.8, 4) is 0 Å². The van der Waals surface area contributed by atoms with Crippen LogP contribution < -0.4 is 5.32 Å². The average molecular weight is 378 g/mol. The number of hydrogen-bond acceptors (Lipinski definition) is 4. The number of amides is 1. The Labute approximate surface area is 165 Å². The lowest BCUT2D eigenvalue weighted by Crippen LogP contribution is -2.37. The number of aromatic amines is 1. The van der Waals surface area contributed by atoms with Crippen LogP contribution in [-0.4, -0.2) is 66.2 Å². The van der Waals surface area contributed by atoms with Crippen molar-refractivity contribution in [2.45, 2.75) is 58.9 Å². The van der Waals surface area contributed by atoms with Crippen LogP contribution in [0.15, 0.2) is 6.20 Å². The number of carbonyl (C=O) groups is 1. The van der Waals surface area contributed by atoms with E-state index in [1.165, 1.54) is 36.9 Å². The highest BCUT2D eigenvalue weighted by Crippen LogP contribution is 2.36. The molecule has 6 heteroatoms. The van der Waals surface area contributed by atoms with E-state index in [1.54, 1.807) is 6.92 Å². The van der Waals surface area contributed by atoms with E-state index in [2.05, 4.69) is 41.3 Å². The van der Waals surface area contributed by atoms with Crippen molar-refractivity contribution in [2.75, 3.05) is 40.3 Å². The predicted molar refractivity (Wildman–Crippen MR) is 111 cm³/mol. The minimum absolute atomic E-state index is 0.214. The van der Waals surface area contributed by atoms with Gasteiger partial charge in [0.05, 0.1) is 6.20 Å². The van der Waals surface area contributed by atoms with Gasteiger partial charge < -0.3 is 15.1 Å². The number of rotatable bonds is 10. The van der Waals surface area contributed by atoms with E-state index in [-0.39, 0.29) is 5.91 Å². The molecule has 0 bridgehead atoms. The molecule has 154 valence electrons. The predicted octanol–water partition coefficient (Wildman–Crippen LogP) is 2.84. The van der Waals surface area contributed by atoms with E-state index in [1.807, 2.05) is 18.1 Å². The molecule has 0 aliphatic heterocycles. The fourth-order valence-electron chi connectivity index (χ4n) is 4.19. The lowest BCUT2D eigenvalue weighted by molar-refractivity contribution is -0.130. The second kappa shape index (κ2) is 10.8.